The first kappa shape index (κ1) is 12.3. The van der Waals surface area contributed by atoms with E-state index in [0.29, 0.717) is 5.84 Å². The normalized spacial score (nSPS) is 20.8. The first-order chi connectivity index (χ1) is 8.72. The van der Waals surface area contributed by atoms with Gasteiger partial charge in [0.05, 0.1) is 0 Å². The number of aliphatic imine (C=N–C) groups is 2. The quantitative estimate of drug-likeness (QED) is 0.681. The minimum atomic E-state index is 0.202. The van der Waals surface area contributed by atoms with Gasteiger partial charge in [-0.1, -0.05) is 24.3 Å². The van der Waals surface area contributed by atoms with Crippen molar-refractivity contribution in [2.75, 3.05) is 14.1 Å². The van der Waals surface area contributed by atoms with E-state index in [-0.39, 0.29) is 5.92 Å². The van der Waals surface area contributed by atoms with E-state index in [1.54, 1.807) is 6.08 Å². The maximum atomic E-state index is 4.60. The molecule has 3 nitrogen and oxygen atoms in total. The van der Waals surface area contributed by atoms with Gasteiger partial charge in [-0.3, -0.25) is 0 Å². The van der Waals surface area contributed by atoms with Gasteiger partial charge in [0, 0.05) is 37.9 Å². The molecule has 0 N–H and O–H groups in total. The van der Waals surface area contributed by atoms with Crippen molar-refractivity contribution in [2.24, 2.45) is 15.9 Å². The average Bonchev–Trinajstić information content (AvgIpc) is 2.56. The molecule has 3 heteroatoms. The molecule has 0 saturated carbocycles. The van der Waals surface area contributed by atoms with Gasteiger partial charge in [-0.05, 0) is 13.0 Å². The van der Waals surface area contributed by atoms with Crippen molar-refractivity contribution in [1.82, 2.24) is 4.90 Å². The molecule has 0 saturated heterocycles. The van der Waals surface area contributed by atoms with E-state index in [0.717, 1.165) is 5.82 Å². The van der Waals surface area contributed by atoms with Crippen molar-refractivity contribution in [3.8, 4) is 0 Å². The van der Waals surface area contributed by atoms with E-state index >= 15 is 0 Å². The molecule has 0 fully saturated rings. The molecular formula is C15H17N3. The summed E-state index contributed by atoms with van der Waals surface area (Å²) in [4.78, 5) is 11.0. The fourth-order valence-electron chi connectivity index (χ4n) is 1.86. The zero-order valence-electron chi connectivity index (χ0n) is 11.0. The topological polar surface area (TPSA) is 28.0 Å². The third kappa shape index (κ3) is 2.58. The lowest BCUT2D eigenvalue weighted by Crippen LogP contribution is -2.15. The molecular weight excluding hydrogens is 222 g/mol. The summed E-state index contributed by atoms with van der Waals surface area (Å²) in [7, 11) is 3.99. The summed E-state index contributed by atoms with van der Waals surface area (Å²) in [5.41, 5.74) is 4.19. The van der Waals surface area contributed by atoms with Gasteiger partial charge in [-0.2, -0.15) is 0 Å². The Kier molecular flexibility index (Phi) is 3.75. The Labute approximate surface area is 108 Å². The molecule has 0 aromatic carbocycles. The third-order valence-electron chi connectivity index (χ3n) is 2.71. The largest absolute Gasteiger partial charge is 0.362 e. The van der Waals surface area contributed by atoms with E-state index < -0.39 is 0 Å². The summed E-state index contributed by atoms with van der Waals surface area (Å²) < 4.78 is 0. The molecule has 18 heavy (non-hydrogen) atoms. The van der Waals surface area contributed by atoms with Crippen LogP contribution in [0.1, 0.15) is 6.92 Å². The Balaban J connectivity index is 2.51. The molecule has 0 aromatic rings. The molecule has 1 atom stereocenters. The Morgan fingerprint density at radius 1 is 1.33 bits per heavy atom. The van der Waals surface area contributed by atoms with Gasteiger partial charge in [0.15, 0.2) is 5.84 Å². The molecule has 2 rings (SSSR count). The second kappa shape index (κ2) is 5.48. The molecule has 1 aliphatic heterocycles. The highest BCUT2D eigenvalue weighted by atomic mass is 15.2. The summed E-state index contributed by atoms with van der Waals surface area (Å²) >= 11 is 0. The molecule has 0 amide bonds. The fourth-order valence-corrected chi connectivity index (χ4v) is 1.86. The van der Waals surface area contributed by atoms with Gasteiger partial charge < -0.3 is 4.90 Å². The molecule has 92 valence electrons. The molecule has 0 bridgehead atoms. The van der Waals surface area contributed by atoms with Gasteiger partial charge >= 0.3 is 0 Å². The molecule has 0 radical (unpaired) electrons. The monoisotopic (exact) mass is 239 g/mol. The number of nitrogens with zero attached hydrogens (tertiary/aromatic N) is 3. The van der Waals surface area contributed by atoms with Gasteiger partial charge in [0.2, 0.25) is 0 Å². The van der Waals surface area contributed by atoms with Gasteiger partial charge in [0.1, 0.15) is 5.82 Å². The fraction of sp³-hybridized carbons (Fsp3) is 0.267. The van der Waals surface area contributed by atoms with Crippen LogP contribution in [0.3, 0.4) is 0 Å². The lowest BCUT2D eigenvalue weighted by atomic mass is 9.95. The van der Waals surface area contributed by atoms with E-state index in [2.05, 4.69) is 27.9 Å². The maximum absolute atomic E-state index is 4.60. The first-order valence-electron chi connectivity index (χ1n) is 5.98. The van der Waals surface area contributed by atoms with E-state index in [4.69, 9.17) is 0 Å². The SMILES string of the molecule is CC=C=CC1=NC(N(C)C)=C2C=CC=CC2C=N1. The number of fused-ring (bicyclic) bond motifs is 1. The highest BCUT2D eigenvalue weighted by molar-refractivity contribution is 6.00. The van der Waals surface area contributed by atoms with Crippen molar-refractivity contribution in [2.45, 2.75) is 6.92 Å². The van der Waals surface area contributed by atoms with Crippen LogP contribution in [0.5, 0.6) is 0 Å². The Morgan fingerprint density at radius 2 is 2.17 bits per heavy atom. The summed E-state index contributed by atoms with van der Waals surface area (Å²) in [6.45, 7) is 1.92. The Bertz CT molecular complexity index is 536. The minimum absolute atomic E-state index is 0.202. The van der Waals surface area contributed by atoms with Gasteiger partial charge in [0.25, 0.3) is 0 Å². The molecule has 1 heterocycles. The molecule has 1 unspecified atom stereocenters. The van der Waals surface area contributed by atoms with E-state index in [9.17, 15) is 0 Å². The smallest absolute Gasteiger partial charge is 0.161 e. The van der Waals surface area contributed by atoms with Crippen LogP contribution in [0.25, 0.3) is 0 Å². The predicted octanol–water partition coefficient (Wildman–Crippen LogP) is 2.72. The lowest BCUT2D eigenvalue weighted by molar-refractivity contribution is 0.499. The summed E-state index contributed by atoms with van der Waals surface area (Å²) in [5, 5.41) is 0. The summed E-state index contributed by atoms with van der Waals surface area (Å²) in [5.74, 6) is 1.83. The standard InChI is InChI=1S/C15H17N3/c1-4-5-10-14-16-11-12-8-6-7-9-13(12)15(17-14)18(2)3/h4,6-12H,1-3H3. The average molecular weight is 239 g/mol. The lowest BCUT2D eigenvalue weighted by Gasteiger charge is -2.19. The molecule has 1 aliphatic carbocycles. The van der Waals surface area contributed by atoms with E-state index in [1.807, 2.05) is 50.4 Å². The van der Waals surface area contributed by atoms with Crippen LogP contribution < -0.4 is 0 Å². The van der Waals surface area contributed by atoms with Crippen molar-refractivity contribution in [1.29, 1.82) is 0 Å². The van der Waals surface area contributed by atoms with Crippen LogP contribution in [-0.4, -0.2) is 31.0 Å². The van der Waals surface area contributed by atoms with Crippen LogP contribution in [0, 0.1) is 5.92 Å². The van der Waals surface area contributed by atoms with Crippen LogP contribution in [0.4, 0.5) is 0 Å². The van der Waals surface area contributed by atoms with Crippen molar-refractivity contribution >= 4 is 12.1 Å². The number of hydrogen-bond donors (Lipinski definition) is 0. The zero-order chi connectivity index (χ0) is 13.0. The van der Waals surface area contributed by atoms with Crippen LogP contribution >= 0.6 is 0 Å². The predicted molar refractivity (Wildman–Crippen MR) is 76.7 cm³/mol. The van der Waals surface area contributed by atoms with Crippen LogP contribution in [0.2, 0.25) is 0 Å². The zero-order valence-corrected chi connectivity index (χ0v) is 11.0. The second-order valence-electron chi connectivity index (χ2n) is 4.29. The first-order valence-corrected chi connectivity index (χ1v) is 5.98. The molecule has 0 aromatic heterocycles. The van der Waals surface area contributed by atoms with Crippen molar-refractivity contribution in [3.63, 3.8) is 0 Å². The highest BCUT2D eigenvalue weighted by Crippen LogP contribution is 2.25. The van der Waals surface area contributed by atoms with Gasteiger partial charge in [-0.25, -0.2) is 9.98 Å². The molecule has 2 aliphatic rings. The Hall–Kier alpha value is -2.12. The maximum Gasteiger partial charge on any atom is 0.161 e. The number of rotatable bonds is 2. The van der Waals surface area contributed by atoms with Crippen molar-refractivity contribution < 1.29 is 0 Å². The summed E-state index contributed by atoms with van der Waals surface area (Å²) in [6, 6.07) is 0. The second-order valence-corrected chi connectivity index (χ2v) is 4.29. The number of hydrogen-bond acceptors (Lipinski definition) is 3. The summed E-state index contributed by atoms with van der Waals surface area (Å²) in [6.07, 6.45) is 13.9. The van der Waals surface area contributed by atoms with E-state index in [1.165, 1.54) is 5.57 Å². The minimum Gasteiger partial charge on any atom is -0.362 e. The number of amidine groups is 1. The number of allylic oxidation sites excluding steroid dienone is 5. The van der Waals surface area contributed by atoms with Crippen molar-refractivity contribution in [3.05, 3.63) is 53.6 Å². The van der Waals surface area contributed by atoms with Crippen LogP contribution in [0.15, 0.2) is 63.6 Å². The van der Waals surface area contributed by atoms with Gasteiger partial charge in [-0.15, -0.1) is 5.73 Å². The molecule has 0 spiro atoms. The highest BCUT2D eigenvalue weighted by Gasteiger charge is 2.18. The third-order valence-corrected chi connectivity index (χ3v) is 2.71. The van der Waals surface area contributed by atoms with Crippen LogP contribution in [-0.2, 0) is 0 Å². The Morgan fingerprint density at radius 3 is 2.89 bits per heavy atom.